The molecule has 1 heterocycles. The van der Waals surface area contributed by atoms with Crippen LogP contribution in [0.2, 0.25) is 0 Å². The summed E-state index contributed by atoms with van der Waals surface area (Å²) < 4.78 is 0. The molecule has 0 aliphatic heterocycles. The Balaban J connectivity index is 1.53. The zero-order chi connectivity index (χ0) is 21.8. The normalized spacial score (nSPS) is 10.7. The summed E-state index contributed by atoms with van der Waals surface area (Å²) in [7, 11) is 0. The highest BCUT2D eigenvalue weighted by atomic mass is 15.1. The molecule has 0 fully saturated rings. The van der Waals surface area contributed by atoms with Crippen LogP contribution in [0.4, 0.5) is 17.1 Å². The molecule has 0 unspecified atom stereocenters. The highest BCUT2D eigenvalue weighted by Crippen LogP contribution is 2.36. The van der Waals surface area contributed by atoms with Crippen LogP contribution in [0.1, 0.15) is 5.56 Å². The van der Waals surface area contributed by atoms with Crippen LogP contribution in [0, 0.1) is 6.92 Å². The van der Waals surface area contributed by atoms with E-state index < -0.39 is 0 Å². The third-order valence-electron chi connectivity index (χ3n) is 5.65. The lowest BCUT2D eigenvalue weighted by atomic mass is 10.0. The van der Waals surface area contributed by atoms with Gasteiger partial charge in [0.25, 0.3) is 0 Å². The fourth-order valence-electron chi connectivity index (χ4n) is 3.91. The SMILES string of the molecule is Cc1ccc(N(c2ccc(-c3ccccc3)cc2)c2ccc(-c3cccnc3)cc2)cc1. The van der Waals surface area contributed by atoms with Crippen LogP contribution in [0.15, 0.2) is 128 Å². The molecule has 2 nitrogen and oxygen atoms in total. The second kappa shape index (κ2) is 8.91. The molecule has 5 rings (SSSR count). The first kappa shape index (κ1) is 19.8. The quantitative estimate of drug-likeness (QED) is 0.289. The van der Waals surface area contributed by atoms with Crippen molar-refractivity contribution < 1.29 is 0 Å². The van der Waals surface area contributed by atoms with Gasteiger partial charge in [-0.05, 0) is 71.6 Å². The molecule has 5 aromatic rings. The van der Waals surface area contributed by atoms with Crippen LogP contribution >= 0.6 is 0 Å². The van der Waals surface area contributed by atoms with E-state index in [4.69, 9.17) is 0 Å². The van der Waals surface area contributed by atoms with Gasteiger partial charge in [0.15, 0.2) is 0 Å². The van der Waals surface area contributed by atoms with E-state index in [2.05, 4.69) is 120 Å². The first-order chi connectivity index (χ1) is 15.8. The van der Waals surface area contributed by atoms with Gasteiger partial charge in [-0.15, -0.1) is 0 Å². The molecule has 0 aliphatic rings. The number of benzene rings is 4. The van der Waals surface area contributed by atoms with Crippen LogP contribution in [0.25, 0.3) is 22.3 Å². The maximum atomic E-state index is 4.24. The first-order valence-corrected chi connectivity index (χ1v) is 10.8. The van der Waals surface area contributed by atoms with E-state index in [0.29, 0.717) is 0 Å². The molecule has 0 radical (unpaired) electrons. The minimum absolute atomic E-state index is 1.12. The van der Waals surface area contributed by atoms with Crippen LogP contribution in [-0.4, -0.2) is 4.98 Å². The van der Waals surface area contributed by atoms with Crippen molar-refractivity contribution >= 4 is 17.1 Å². The highest BCUT2D eigenvalue weighted by Gasteiger charge is 2.13. The zero-order valence-electron chi connectivity index (χ0n) is 18.0. The highest BCUT2D eigenvalue weighted by molar-refractivity contribution is 5.79. The second-order valence-electron chi connectivity index (χ2n) is 7.87. The summed E-state index contributed by atoms with van der Waals surface area (Å²) in [6.45, 7) is 2.12. The number of hydrogen-bond donors (Lipinski definition) is 0. The van der Waals surface area contributed by atoms with Crippen LogP contribution in [-0.2, 0) is 0 Å². The van der Waals surface area contributed by atoms with E-state index >= 15 is 0 Å². The minimum atomic E-state index is 1.12. The number of anilines is 3. The van der Waals surface area contributed by atoms with E-state index in [-0.39, 0.29) is 0 Å². The van der Waals surface area contributed by atoms with Gasteiger partial charge >= 0.3 is 0 Å². The summed E-state index contributed by atoms with van der Waals surface area (Å²) in [4.78, 5) is 6.54. The lowest BCUT2D eigenvalue weighted by Gasteiger charge is -2.26. The van der Waals surface area contributed by atoms with Gasteiger partial charge in [0, 0.05) is 29.5 Å². The average molecular weight is 413 g/mol. The molecule has 0 aliphatic carbocycles. The van der Waals surface area contributed by atoms with Crippen molar-refractivity contribution in [3.05, 3.63) is 133 Å². The van der Waals surface area contributed by atoms with E-state index in [1.54, 1.807) is 6.20 Å². The second-order valence-corrected chi connectivity index (χ2v) is 7.87. The number of aromatic nitrogens is 1. The lowest BCUT2D eigenvalue weighted by Crippen LogP contribution is -2.09. The lowest BCUT2D eigenvalue weighted by molar-refractivity contribution is 1.27. The Bertz CT molecular complexity index is 1190. The number of hydrogen-bond acceptors (Lipinski definition) is 2. The zero-order valence-corrected chi connectivity index (χ0v) is 18.0. The maximum absolute atomic E-state index is 4.24. The van der Waals surface area contributed by atoms with Gasteiger partial charge in [0.1, 0.15) is 0 Å². The van der Waals surface area contributed by atoms with Crippen molar-refractivity contribution in [3.63, 3.8) is 0 Å². The molecule has 4 aromatic carbocycles. The van der Waals surface area contributed by atoms with Gasteiger partial charge in [0.2, 0.25) is 0 Å². The summed E-state index contributed by atoms with van der Waals surface area (Å²) >= 11 is 0. The third-order valence-corrected chi connectivity index (χ3v) is 5.65. The average Bonchev–Trinajstić information content (AvgIpc) is 2.87. The van der Waals surface area contributed by atoms with Crippen molar-refractivity contribution in [1.82, 2.24) is 4.98 Å². The molecule has 154 valence electrons. The fourth-order valence-corrected chi connectivity index (χ4v) is 3.91. The van der Waals surface area contributed by atoms with E-state index in [9.17, 15) is 0 Å². The first-order valence-electron chi connectivity index (χ1n) is 10.8. The van der Waals surface area contributed by atoms with Crippen molar-refractivity contribution in [2.24, 2.45) is 0 Å². The molecule has 0 saturated carbocycles. The van der Waals surface area contributed by atoms with Gasteiger partial charge in [-0.1, -0.05) is 78.4 Å². The van der Waals surface area contributed by atoms with Crippen molar-refractivity contribution in [3.8, 4) is 22.3 Å². The summed E-state index contributed by atoms with van der Waals surface area (Å²) in [6.07, 6.45) is 3.70. The molecular formula is C30H24N2. The van der Waals surface area contributed by atoms with Gasteiger partial charge in [-0.3, -0.25) is 4.98 Å². The van der Waals surface area contributed by atoms with Crippen molar-refractivity contribution in [2.45, 2.75) is 6.92 Å². The Hall–Kier alpha value is -4.17. The largest absolute Gasteiger partial charge is 0.311 e. The fraction of sp³-hybridized carbons (Fsp3) is 0.0333. The monoisotopic (exact) mass is 412 g/mol. The van der Waals surface area contributed by atoms with Gasteiger partial charge < -0.3 is 4.90 Å². The topological polar surface area (TPSA) is 16.1 Å². The summed E-state index contributed by atoms with van der Waals surface area (Å²) in [6, 6.07) is 40.6. The van der Waals surface area contributed by atoms with Gasteiger partial charge in [-0.2, -0.15) is 0 Å². The molecule has 0 spiro atoms. The number of nitrogens with zero attached hydrogens (tertiary/aromatic N) is 2. The van der Waals surface area contributed by atoms with Crippen LogP contribution < -0.4 is 4.90 Å². The summed E-state index contributed by atoms with van der Waals surface area (Å²) in [5, 5.41) is 0. The van der Waals surface area contributed by atoms with Crippen LogP contribution in [0.3, 0.4) is 0 Å². The van der Waals surface area contributed by atoms with Crippen LogP contribution in [0.5, 0.6) is 0 Å². The Labute approximate surface area is 189 Å². The molecule has 0 saturated heterocycles. The molecule has 2 heteroatoms. The molecular weight excluding hydrogens is 388 g/mol. The Morgan fingerprint density at radius 2 is 0.938 bits per heavy atom. The third kappa shape index (κ3) is 4.17. The van der Waals surface area contributed by atoms with Gasteiger partial charge in [-0.25, -0.2) is 0 Å². The predicted molar refractivity (Wildman–Crippen MR) is 135 cm³/mol. The van der Waals surface area contributed by atoms with E-state index in [1.165, 1.54) is 16.7 Å². The number of pyridine rings is 1. The molecule has 32 heavy (non-hydrogen) atoms. The standard InChI is InChI=1S/C30H24N2/c1-23-9-15-28(16-10-23)32(29-17-11-25(12-18-29)24-6-3-2-4-7-24)30-19-13-26(14-20-30)27-8-5-21-31-22-27/h2-22H,1H3. The number of aryl methyl sites for hydroxylation is 1. The Morgan fingerprint density at radius 1 is 0.469 bits per heavy atom. The van der Waals surface area contributed by atoms with Crippen molar-refractivity contribution in [1.29, 1.82) is 0 Å². The maximum Gasteiger partial charge on any atom is 0.0462 e. The molecule has 0 N–H and O–H groups in total. The predicted octanol–water partition coefficient (Wildman–Crippen LogP) is 8.19. The Morgan fingerprint density at radius 3 is 1.47 bits per heavy atom. The summed E-state index contributed by atoms with van der Waals surface area (Å²) in [5.41, 5.74) is 9.35. The van der Waals surface area contributed by atoms with E-state index in [1.807, 2.05) is 18.3 Å². The summed E-state index contributed by atoms with van der Waals surface area (Å²) in [5.74, 6) is 0. The molecule has 1 aromatic heterocycles. The van der Waals surface area contributed by atoms with Crippen molar-refractivity contribution in [2.75, 3.05) is 4.90 Å². The molecule has 0 atom stereocenters. The Kier molecular flexibility index (Phi) is 5.50. The number of rotatable bonds is 5. The van der Waals surface area contributed by atoms with Gasteiger partial charge in [0.05, 0.1) is 0 Å². The minimum Gasteiger partial charge on any atom is -0.311 e. The molecule has 0 amide bonds. The van der Waals surface area contributed by atoms with E-state index in [0.717, 1.165) is 28.2 Å². The smallest absolute Gasteiger partial charge is 0.0462 e. The molecule has 0 bridgehead atoms.